The minimum Gasteiger partial charge on any atom is -0.495 e. The van der Waals surface area contributed by atoms with Crippen LogP contribution in [0.1, 0.15) is 50.4 Å². The van der Waals surface area contributed by atoms with Gasteiger partial charge >= 0.3 is 6.09 Å². The van der Waals surface area contributed by atoms with Gasteiger partial charge in [-0.3, -0.25) is 14.6 Å². The van der Waals surface area contributed by atoms with E-state index in [2.05, 4.69) is 39.9 Å². The molecule has 0 saturated carbocycles. The Morgan fingerprint density at radius 1 is 1.07 bits per heavy atom. The van der Waals surface area contributed by atoms with Gasteiger partial charge in [0.1, 0.15) is 29.0 Å². The summed E-state index contributed by atoms with van der Waals surface area (Å²) in [6.07, 6.45) is 2.70. The van der Waals surface area contributed by atoms with Crippen molar-refractivity contribution >= 4 is 44.6 Å². The number of piperidine rings is 1. The number of nitrogens with zero attached hydrogens (tertiary/aromatic N) is 6. The van der Waals surface area contributed by atoms with E-state index in [1.807, 2.05) is 25.3 Å². The molecule has 2 N–H and O–H groups in total. The molecule has 2 fully saturated rings. The number of nitrogen functional groups attached to an aromatic ring is 1. The van der Waals surface area contributed by atoms with Crippen LogP contribution in [0.15, 0.2) is 24.5 Å². The Morgan fingerprint density at radius 2 is 1.84 bits per heavy atom. The summed E-state index contributed by atoms with van der Waals surface area (Å²) in [5, 5.41) is 5.82. The van der Waals surface area contributed by atoms with Crippen LogP contribution in [0.5, 0.6) is 5.75 Å². The number of ether oxygens (including phenoxy) is 2. The van der Waals surface area contributed by atoms with Crippen molar-refractivity contribution < 1.29 is 19.1 Å². The van der Waals surface area contributed by atoms with Crippen molar-refractivity contribution in [2.75, 3.05) is 52.1 Å². The van der Waals surface area contributed by atoms with Gasteiger partial charge in [-0.05, 0) is 63.7 Å². The molecule has 44 heavy (non-hydrogen) atoms. The van der Waals surface area contributed by atoms with E-state index in [9.17, 15) is 9.59 Å². The quantitative estimate of drug-likeness (QED) is 0.327. The van der Waals surface area contributed by atoms with Crippen molar-refractivity contribution in [2.45, 2.75) is 59.2 Å². The smallest absolute Gasteiger partial charge is 0.410 e. The number of likely N-dealkylation sites (tertiary alicyclic amines) is 1. The standard InChI is InChI=1S/C32H41N7O4S/c1-20-13-21-15-26(44-29(21)25(14-20)42-5)27-23(17-37-8-6-7-22(40)16-37)24(39-28(27)30(33)34-19-35-39)18-36-9-11-38(12-10-36)31(41)43-32(2,3)4/h13-15,19H,6-12,16-18H2,1-5H3,(H2,33,34,35). The molecule has 2 aliphatic rings. The first-order chi connectivity index (χ1) is 21.0. The van der Waals surface area contributed by atoms with Crippen LogP contribution in [0, 0.1) is 6.92 Å². The zero-order valence-electron chi connectivity index (χ0n) is 26.2. The second-order valence-electron chi connectivity index (χ2n) is 12.8. The fourth-order valence-corrected chi connectivity index (χ4v) is 7.46. The van der Waals surface area contributed by atoms with Gasteiger partial charge in [-0.15, -0.1) is 11.3 Å². The number of fused-ring (bicyclic) bond motifs is 2. The SMILES string of the molecule is COc1cc(C)cc2cc(-c3c(CN4CCCC(=O)C4)c(CN4CCN(C(=O)OC(C)(C)C)CC4)n4ncnc(N)c34)sc12. The highest BCUT2D eigenvalue weighted by Crippen LogP contribution is 2.45. The molecule has 0 atom stereocenters. The van der Waals surface area contributed by atoms with Gasteiger partial charge in [0, 0.05) is 61.7 Å². The molecule has 1 aromatic carbocycles. The van der Waals surface area contributed by atoms with E-state index in [1.165, 1.54) is 6.33 Å². The number of anilines is 1. The van der Waals surface area contributed by atoms with E-state index >= 15 is 0 Å². The van der Waals surface area contributed by atoms with Crippen LogP contribution in [0.25, 0.3) is 26.0 Å². The lowest BCUT2D eigenvalue weighted by atomic mass is 10.0. The van der Waals surface area contributed by atoms with Gasteiger partial charge < -0.3 is 20.1 Å². The van der Waals surface area contributed by atoms with Gasteiger partial charge in [-0.25, -0.2) is 14.3 Å². The molecule has 0 aliphatic carbocycles. The number of methoxy groups -OCH3 is 1. The molecule has 0 spiro atoms. The summed E-state index contributed by atoms with van der Waals surface area (Å²) in [5.41, 5.74) is 11.1. The highest BCUT2D eigenvalue weighted by atomic mass is 32.1. The lowest BCUT2D eigenvalue weighted by Gasteiger charge is -2.35. The maximum Gasteiger partial charge on any atom is 0.410 e. The lowest BCUT2D eigenvalue weighted by Crippen LogP contribution is -2.49. The first-order valence-corrected chi connectivity index (χ1v) is 16.0. The van der Waals surface area contributed by atoms with E-state index in [0.29, 0.717) is 58.1 Å². The van der Waals surface area contributed by atoms with E-state index < -0.39 is 5.60 Å². The molecule has 0 unspecified atom stereocenters. The highest BCUT2D eigenvalue weighted by molar-refractivity contribution is 7.22. The summed E-state index contributed by atoms with van der Waals surface area (Å²) in [4.78, 5) is 37.0. The molecule has 11 nitrogen and oxygen atoms in total. The fourth-order valence-electron chi connectivity index (χ4n) is 6.25. The largest absolute Gasteiger partial charge is 0.495 e. The average molecular weight is 620 g/mol. The van der Waals surface area contributed by atoms with Crippen LogP contribution in [0.3, 0.4) is 0 Å². The number of rotatable bonds is 6. The van der Waals surface area contributed by atoms with Crippen molar-refractivity contribution in [3.8, 4) is 16.2 Å². The van der Waals surface area contributed by atoms with Crippen molar-refractivity contribution in [1.29, 1.82) is 0 Å². The number of aromatic nitrogens is 3. The number of thiophene rings is 1. The van der Waals surface area contributed by atoms with Crippen molar-refractivity contribution in [3.05, 3.63) is 41.3 Å². The molecule has 0 bridgehead atoms. The van der Waals surface area contributed by atoms with Crippen molar-refractivity contribution in [2.24, 2.45) is 0 Å². The van der Waals surface area contributed by atoms with E-state index in [-0.39, 0.29) is 11.9 Å². The molecule has 2 aliphatic heterocycles. The minimum absolute atomic E-state index is 0.266. The Bertz CT molecular complexity index is 1720. The van der Waals surface area contributed by atoms with Crippen LogP contribution >= 0.6 is 11.3 Å². The molecule has 12 heteroatoms. The number of Topliss-reactive ketones (excluding diaryl/α,β-unsaturated/α-hetero) is 1. The number of benzene rings is 1. The predicted octanol–water partition coefficient (Wildman–Crippen LogP) is 4.73. The van der Waals surface area contributed by atoms with Crippen LogP contribution in [-0.2, 0) is 22.6 Å². The molecule has 4 aromatic rings. The van der Waals surface area contributed by atoms with Crippen molar-refractivity contribution in [1.82, 2.24) is 29.3 Å². The van der Waals surface area contributed by atoms with Crippen LogP contribution < -0.4 is 10.5 Å². The molecular formula is C32H41N7O4S. The summed E-state index contributed by atoms with van der Waals surface area (Å²) >= 11 is 1.67. The van der Waals surface area contributed by atoms with Gasteiger partial charge in [0.05, 0.1) is 24.0 Å². The Hall–Kier alpha value is -3.74. The van der Waals surface area contributed by atoms with Gasteiger partial charge in [-0.2, -0.15) is 5.10 Å². The van der Waals surface area contributed by atoms with Crippen LogP contribution in [0.4, 0.5) is 10.6 Å². The topological polar surface area (TPSA) is 119 Å². The Morgan fingerprint density at radius 3 is 2.55 bits per heavy atom. The fraction of sp³-hybridized carbons (Fsp3) is 0.500. The van der Waals surface area contributed by atoms with Gasteiger partial charge in [-0.1, -0.05) is 6.07 Å². The zero-order valence-corrected chi connectivity index (χ0v) is 27.0. The number of piperazine rings is 1. The Kier molecular flexibility index (Phi) is 8.25. The summed E-state index contributed by atoms with van der Waals surface area (Å²) in [6, 6.07) is 6.43. The number of carbonyl (C=O) groups is 2. The Balaban J connectivity index is 1.42. The van der Waals surface area contributed by atoms with Gasteiger partial charge in [0.2, 0.25) is 0 Å². The normalized spacial score (nSPS) is 17.1. The second-order valence-corrected chi connectivity index (χ2v) is 13.9. The number of ketones is 1. The molecule has 234 valence electrons. The van der Waals surface area contributed by atoms with Gasteiger partial charge in [0.15, 0.2) is 5.82 Å². The maximum absolute atomic E-state index is 12.7. The third-order valence-corrected chi connectivity index (χ3v) is 9.45. The maximum atomic E-state index is 12.7. The number of hydrogen-bond acceptors (Lipinski definition) is 10. The molecule has 2 saturated heterocycles. The highest BCUT2D eigenvalue weighted by Gasteiger charge is 2.31. The number of amides is 1. The van der Waals surface area contributed by atoms with Crippen molar-refractivity contribution in [3.63, 3.8) is 0 Å². The third-order valence-electron chi connectivity index (χ3n) is 8.26. The predicted molar refractivity (Wildman–Crippen MR) is 172 cm³/mol. The van der Waals surface area contributed by atoms with Crippen LogP contribution in [0.2, 0.25) is 0 Å². The lowest BCUT2D eigenvalue weighted by molar-refractivity contribution is -0.122. The molecule has 6 rings (SSSR count). The first kappa shape index (κ1) is 30.3. The molecule has 1 amide bonds. The van der Waals surface area contributed by atoms with E-state index in [4.69, 9.17) is 20.3 Å². The second kappa shape index (κ2) is 12.0. The monoisotopic (exact) mass is 619 g/mol. The van der Waals surface area contributed by atoms with Crippen LogP contribution in [-0.4, -0.2) is 93.2 Å². The molecule has 3 aromatic heterocycles. The third kappa shape index (κ3) is 6.11. The first-order valence-electron chi connectivity index (χ1n) is 15.2. The number of nitrogens with two attached hydrogens (primary N) is 1. The molecule has 0 radical (unpaired) electrons. The summed E-state index contributed by atoms with van der Waals surface area (Å²) < 4.78 is 14.4. The van der Waals surface area contributed by atoms with E-state index in [0.717, 1.165) is 61.6 Å². The molecule has 5 heterocycles. The zero-order chi connectivity index (χ0) is 31.2. The summed E-state index contributed by atoms with van der Waals surface area (Å²) in [5.74, 6) is 1.52. The number of aryl methyl sites for hydroxylation is 1. The minimum atomic E-state index is -0.533. The number of hydrogen-bond donors (Lipinski definition) is 1. The summed E-state index contributed by atoms with van der Waals surface area (Å²) in [6.45, 7) is 12.8. The number of carbonyl (C=O) groups excluding carboxylic acids is 2. The van der Waals surface area contributed by atoms with Gasteiger partial charge in [0.25, 0.3) is 0 Å². The summed E-state index contributed by atoms with van der Waals surface area (Å²) in [7, 11) is 1.70. The average Bonchev–Trinajstić information content (AvgIpc) is 3.51. The van der Waals surface area contributed by atoms with E-state index in [1.54, 1.807) is 23.3 Å². The molecular weight excluding hydrogens is 578 g/mol. The Labute approximate surface area is 261 Å².